The standard InChI is InChI=1S/C33H27F4NO2/c1-19-9-5-7-11-27(19)32(3,4)20(2)13-25-30(39)29(31(25)40)26-18-38(28-12-8-6-10-24(26)28)23-15-21(17-34)14-22(16-23)33(35,36)37/h5-16,18,39H,2,17H2,1,3-4H3/b25-13+. The highest BCUT2D eigenvalue weighted by Crippen LogP contribution is 2.43. The van der Waals surface area contributed by atoms with Crippen LogP contribution < -0.4 is 0 Å². The maximum absolute atomic E-state index is 13.5. The quantitative estimate of drug-likeness (QED) is 0.194. The Morgan fingerprint density at radius 3 is 2.35 bits per heavy atom. The molecule has 1 heterocycles. The number of aliphatic hydroxyl groups excluding tert-OH is 1. The summed E-state index contributed by atoms with van der Waals surface area (Å²) in [5.74, 6) is -0.598. The minimum atomic E-state index is -4.66. The summed E-state index contributed by atoms with van der Waals surface area (Å²) in [5.41, 5.74) is 2.33. The average Bonchev–Trinajstić information content (AvgIpc) is 3.30. The minimum absolute atomic E-state index is 0.0698. The number of aromatic nitrogens is 1. The number of para-hydroxylation sites is 1. The van der Waals surface area contributed by atoms with Crippen molar-refractivity contribution >= 4 is 22.3 Å². The topological polar surface area (TPSA) is 42.2 Å². The molecule has 0 spiro atoms. The van der Waals surface area contributed by atoms with Gasteiger partial charge in [-0.3, -0.25) is 4.79 Å². The molecule has 0 amide bonds. The van der Waals surface area contributed by atoms with Gasteiger partial charge in [0.1, 0.15) is 12.4 Å². The Labute approximate surface area is 229 Å². The fourth-order valence-corrected chi connectivity index (χ4v) is 5.25. The molecule has 0 aliphatic heterocycles. The smallest absolute Gasteiger partial charge is 0.416 e. The number of ketones is 1. The van der Waals surface area contributed by atoms with Crippen LogP contribution in [0.25, 0.3) is 22.2 Å². The predicted octanol–water partition coefficient (Wildman–Crippen LogP) is 8.74. The van der Waals surface area contributed by atoms with E-state index in [1.807, 2.05) is 45.0 Å². The molecule has 1 aliphatic carbocycles. The van der Waals surface area contributed by atoms with Gasteiger partial charge in [-0.25, -0.2) is 4.39 Å². The molecule has 40 heavy (non-hydrogen) atoms. The molecule has 1 N–H and O–H groups in total. The molecule has 3 aromatic carbocycles. The van der Waals surface area contributed by atoms with Crippen LogP contribution in [-0.2, 0) is 23.1 Å². The third-order valence-corrected chi connectivity index (χ3v) is 7.62. The van der Waals surface area contributed by atoms with Crippen molar-refractivity contribution < 1.29 is 27.5 Å². The summed E-state index contributed by atoms with van der Waals surface area (Å²) in [4.78, 5) is 13.4. The number of Topliss-reactive ketones (excluding diaryl/α,β-unsaturated/α-hetero) is 1. The Balaban J connectivity index is 1.60. The monoisotopic (exact) mass is 545 g/mol. The first-order valence-corrected chi connectivity index (χ1v) is 12.7. The summed E-state index contributed by atoms with van der Waals surface area (Å²) in [7, 11) is 0. The van der Waals surface area contributed by atoms with Crippen LogP contribution in [0.15, 0.2) is 102 Å². The van der Waals surface area contributed by atoms with Gasteiger partial charge in [0.25, 0.3) is 0 Å². The second kappa shape index (κ2) is 9.66. The van der Waals surface area contributed by atoms with Gasteiger partial charge < -0.3 is 9.67 Å². The zero-order chi connectivity index (χ0) is 29.0. The number of nitrogens with zero attached hydrogens (tertiary/aromatic N) is 1. The highest BCUT2D eigenvalue weighted by molar-refractivity contribution is 6.40. The largest absolute Gasteiger partial charge is 0.506 e. The first kappa shape index (κ1) is 27.2. The molecule has 0 bridgehead atoms. The minimum Gasteiger partial charge on any atom is -0.506 e. The Bertz CT molecular complexity index is 1750. The molecule has 0 radical (unpaired) electrons. The van der Waals surface area contributed by atoms with Crippen LogP contribution >= 0.6 is 0 Å². The number of rotatable bonds is 6. The first-order chi connectivity index (χ1) is 18.8. The van der Waals surface area contributed by atoms with E-state index in [1.165, 1.54) is 16.8 Å². The Morgan fingerprint density at radius 2 is 1.70 bits per heavy atom. The SMILES string of the molecule is C=C(/C=C1/C(=O)C(c2cn(-c3cc(CF)cc(C(F)(F)F)c3)c3ccccc23)=C1O)C(C)(C)c1ccccc1C. The molecule has 7 heteroatoms. The van der Waals surface area contributed by atoms with Crippen LogP contribution in [0.1, 0.15) is 41.7 Å². The fourth-order valence-electron chi connectivity index (χ4n) is 5.25. The second-order valence-corrected chi connectivity index (χ2v) is 10.5. The Kier molecular flexibility index (Phi) is 6.57. The predicted molar refractivity (Wildman–Crippen MR) is 149 cm³/mol. The van der Waals surface area contributed by atoms with Crippen molar-refractivity contribution in [1.82, 2.24) is 4.57 Å². The number of hydrogen-bond acceptors (Lipinski definition) is 2. The van der Waals surface area contributed by atoms with Gasteiger partial charge in [0.2, 0.25) is 5.78 Å². The highest BCUT2D eigenvalue weighted by Gasteiger charge is 2.38. The maximum atomic E-state index is 13.5. The summed E-state index contributed by atoms with van der Waals surface area (Å²) in [5, 5.41) is 11.6. The molecule has 204 valence electrons. The number of benzene rings is 3. The lowest BCUT2D eigenvalue weighted by Crippen LogP contribution is -2.24. The summed E-state index contributed by atoms with van der Waals surface area (Å²) in [6.07, 6.45) is -1.56. The van der Waals surface area contributed by atoms with Crippen LogP contribution in [0, 0.1) is 6.92 Å². The first-order valence-electron chi connectivity index (χ1n) is 12.7. The molecule has 1 aromatic heterocycles. The number of fused-ring (bicyclic) bond motifs is 1. The number of carbonyl (C=O) groups excluding carboxylic acids is 1. The van der Waals surface area contributed by atoms with Gasteiger partial charge in [-0.1, -0.05) is 62.9 Å². The van der Waals surface area contributed by atoms with E-state index >= 15 is 0 Å². The molecule has 0 saturated heterocycles. The summed E-state index contributed by atoms with van der Waals surface area (Å²) in [6, 6.07) is 17.8. The molecule has 0 fully saturated rings. The summed E-state index contributed by atoms with van der Waals surface area (Å²) in [6.45, 7) is 9.10. The normalized spacial score (nSPS) is 15.2. The summed E-state index contributed by atoms with van der Waals surface area (Å²) >= 11 is 0. The van der Waals surface area contributed by atoms with E-state index in [1.54, 1.807) is 30.3 Å². The molecule has 0 atom stereocenters. The molecule has 4 aromatic rings. The molecular formula is C33H27F4NO2. The van der Waals surface area contributed by atoms with Gasteiger partial charge >= 0.3 is 6.18 Å². The maximum Gasteiger partial charge on any atom is 0.416 e. The number of alkyl halides is 4. The zero-order valence-corrected chi connectivity index (χ0v) is 22.2. The number of carbonyl (C=O) groups is 1. The van der Waals surface area contributed by atoms with E-state index in [-0.39, 0.29) is 28.2 Å². The second-order valence-electron chi connectivity index (χ2n) is 10.5. The van der Waals surface area contributed by atoms with Crippen LogP contribution in [0.2, 0.25) is 0 Å². The molecule has 3 nitrogen and oxygen atoms in total. The van der Waals surface area contributed by atoms with Crippen molar-refractivity contribution in [2.45, 2.75) is 39.0 Å². The molecule has 5 rings (SSSR count). The van der Waals surface area contributed by atoms with E-state index in [0.29, 0.717) is 22.0 Å². The van der Waals surface area contributed by atoms with Gasteiger partial charge in [-0.2, -0.15) is 13.2 Å². The number of aryl methyl sites for hydroxylation is 1. The number of hydrogen-bond donors (Lipinski definition) is 1. The van der Waals surface area contributed by atoms with E-state index in [9.17, 15) is 27.5 Å². The van der Waals surface area contributed by atoms with E-state index < -0.39 is 29.6 Å². The van der Waals surface area contributed by atoms with Crippen LogP contribution in [0.5, 0.6) is 0 Å². The van der Waals surface area contributed by atoms with Crippen LogP contribution in [0.4, 0.5) is 17.6 Å². The van der Waals surface area contributed by atoms with E-state index in [4.69, 9.17) is 0 Å². The Morgan fingerprint density at radius 1 is 1.02 bits per heavy atom. The van der Waals surface area contributed by atoms with Gasteiger partial charge in [-0.05, 0) is 59.5 Å². The Hall–Kier alpha value is -4.39. The molecule has 1 aliphatic rings. The number of halogens is 4. The van der Waals surface area contributed by atoms with Crippen molar-refractivity contribution in [3.63, 3.8) is 0 Å². The van der Waals surface area contributed by atoms with Crippen molar-refractivity contribution in [3.05, 3.63) is 130 Å². The van der Waals surface area contributed by atoms with Gasteiger partial charge in [0, 0.05) is 28.2 Å². The van der Waals surface area contributed by atoms with Crippen LogP contribution in [0.3, 0.4) is 0 Å². The van der Waals surface area contributed by atoms with Gasteiger partial charge in [0.05, 0.1) is 22.2 Å². The van der Waals surface area contributed by atoms with E-state index in [0.717, 1.165) is 23.3 Å². The third kappa shape index (κ3) is 4.45. The van der Waals surface area contributed by atoms with Gasteiger partial charge in [0.15, 0.2) is 0 Å². The zero-order valence-electron chi connectivity index (χ0n) is 22.2. The third-order valence-electron chi connectivity index (χ3n) is 7.62. The van der Waals surface area contributed by atoms with Gasteiger partial charge in [-0.15, -0.1) is 0 Å². The lowest BCUT2D eigenvalue weighted by molar-refractivity contribution is -0.137. The number of allylic oxidation sites excluding steroid dienone is 4. The average molecular weight is 546 g/mol. The molecule has 0 unspecified atom stereocenters. The lowest BCUT2D eigenvalue weighted by atomic mass is 9.74. The van der Waals surface area contributed by atoms with Crippen LogP contribution in [-0.4, -0.2) is 15.5 Å². The van der Waals surface area contributed by atoms with Crippen molar-refractivity contribution in [1.29, 1.82) is 0 Å². The summed E-state index contributed by atoms with van der Waals surface area (Å²) < 4.78 is 55.6. The number of aliphatic hydroxyl groups is 1. The molecular weight excluding hydrogens is 518 g/mol. The van der Waals surface area contributed by atoms with E-state index in [2.05, 4.69) is 6.58 Å². The van der Waals surface area contributed by atoms with Crippen molar-refractivity contribution in [3.8, 4) is 5.69 Å². The highest BCUT2D eigenvalue weighted by atomic mass is 19.4. The lowest BCUT2D eigenvalue weighted by Gasteiger charge is -2.30. The molecule has 0 saturated carbocycles. The van der Waals surface area contributed by atoms with Crippen molar-refractivity contribution in [2.75, 3.05) is 0 Å². The fraction of sp³-hybridized carbons (Fsp3) is 0.182. The van der Waals surface area contributed by atoms with Crippen molar-refractivity contribution in [2.24, 2.45) is 0 Å².